The molecule has 1 aromatic rings. The number of rotatable bonds is 3. The Bertz CT molecular complexity index is 229. The van der Waals surface area contributed by atoms with Gasteiger partial charge < -0.3 is 4.84 Å². The summed E-state index contributed by atoms with van der Waals surface area (Å²) in [4.78, 5) is 8.27. The van der Waals surface area contributed by atoms with Gasteiger partial charge in [-0.2, -0.15) is 0 Å². The molecule has 0 radical (unpaired) electrons. The zero-order valence-corrected chi connectivity index (χ0v) is 6.71. The Morgan fingerprint density at radius 3 is 3.09 bits per heavy atom. The quantitative estimate of drug-likeness (QED) is 0.697. The van der Waals surface area contributed by atoms with Crippen LogP contribution in [0.1, 0.15) is 5.56 Å². The summed E-state index contributed by atoms with van der Waals surface area (Å²) in [5.41, 5.74) is 1.01. The minimum Gasteiger partial charge on any atom is -0.304 e. The molecule has 0 amide bonds. The zero-order chi connectivity index (χ0) is 8.10. The van der Waals surface area contributed by atoms with Crippen LogP contribution in [0, 0.1) is 0 Å². The SMILES string of the molecule is NOCCc1ccncc1Cl. The minimum absolute atomic E-state index is 0.476. The van der Waals surface area contributed by atoms with Crippen molar-refractivity contribution in [3.8, 4) is 0 Å². The molecule has 0 fully saturated rings. The van der Waals surface area contributed by atoms with Crippen LogP contribution in [-0.4, -0.2) is 11.6 Å². The van der Waals surface area contributed by atoms with Crippen LogP contribution in [0.25, 0.3) is 0 Å². The van der Waals surface area contributed by atoms with Gasteiger partial charge in [0.1, 0.15) is 0 Å². The Labute approximate surface area is 70.1 Å². The molecule has 1 rings (SSSR count). The number of halogens is 1. The van der Waals surface area contributed by atoms with Gasteiger partial charge in [-0.15, -0.1) is 0 Å². The molecule has 60 valence electrons. The van der Waals surface area contributed by atoms with Gasteiger partial charge in [-0.1, -0.05) is 11.6 Å². The molecule has 0 saturated heterocycles. The average Bonchev–Trinajstić information content (AvgIpc) is 2.03. The van der Waals surface area contributed by atoms with Crippen LogP contribution in [0.2, 0.25) is 5.02 Å². The summed E-state index contributed by atoms with van der Waals surface area (Å²) in [5, 5.41) is 0.657. The molecule has 1 aromatic heterocycles. The van der Waals surface area contributed by atoms with Crippen molar-refractivity contribution in [1.82, 2.24) is 4.98 Å². The lowest BCUT2D eigenvalue weighted by atomic mass is 10.2. The van der Waals surface area contributed by atoms with Crippen molar-refractivity contribution < 1.29 is 4.84 Å². The monoisotopic (exact) mass is 172 g/mol. The number of pyridine rings is 1. The van der Waals surface area contributed by atoms with Crippen LogP contribution in [0.15, 0.2) is 18.5 Å². The van der Waals surface area contributed by atoms with Gasteiger partial charge in [0, 0.05) is 12.4 Å². The minimum atomic E-state index is 0.476. The van der Waals surface area contributed by atoms with Crippen molar-refractivity contribution in [3.63, 3.8) is 0 Å². The lowest BCUT2D eigenvalue weighted by molar-refractivity contribution is 0.141. The molecule has 0 aromatic carbocycles. The van der Waals surface area contributed by atoms with E-state index in [0.717, 1.165) is 12.0 Å². The second-order valence-corrected chi connectivity index (χ2v) is 2.50. The van der Waals surface area contributed by atoms with E-state index in [0.29, 0.717) is 11.6 Å². The fourth-order valence-corrected chi connectivity index (χ4v) is 0.989. The molecular weight excluding hydrogens is 164 g/mol. The van der Waals surface area contributed by atoms with E-state index in [1.165, 1.54) is 0 Å². The average molecular weight is 173 g/mol. The van der Waals surface area contributed by atoms with Crippen molar-refractivity contribution in [2.24, 2.45) is 5.90 Å². The molecule has 0 atom stereocenters. The maximum atomic E-state index is 5.80. The smallest absolute Gasteiger partial charge is 0.0720 e. The topological polar surface area (TPSA) is 48.1 Å². The largest absolute Gasteiger partial charge is 0.304 e. The fraction of sp³-hybridized carbons (Fsp3) is 0.286. The van der Waals surface area contributed by atoms with Gasteiger partial charge in [0.05, 0.1) is 11.6 Å². The molecule has 1 heterocycles. The molecule has 3 nitrogen and oxygen atoms in total. The first-order chi connectivity index (χ1) is 5.34. The number of nitrogens with zero attached hydrogens (tertiary/aromatic N) is 1. The molecule has 0 aliphatic rings. The number of hydrogen-bond acceptors (Lipinski definition) is 3. The van der Waals surface area contributed by atoms with Crippen molar-refractivity contribution in [1.29, 1.82) is 0 Å². The Morgan fingerprint density at radius 1 is 1.64 bits per heavy atom. The molecule has 0 bridgehead atoms. The summed E-state index contributed by atoms with van der Waals surface area (Å²) in [5.74, 6) is 4.87. The Balaban J connectivity index is 2.62. The first-order valence-electron chi connectivity index (χ1n) is 3.24. The summed E-state index contributed by atoms with van der Waals surface area (Å²) in [6.45, 7) is 0.476. The third kappa shape index (κ3) is 2.46. The highest BCUT2D eigenvalue weighted by Crippen LogP contribution is 2.13. The molecule has 0 unspecified atom stereocenters. The maximum Gasteiger partial charge on any atom is 0.0720 e. The van der Waals surface area contributed by atoms with Crippen molar-refractivity contribution in [3.05, 3.63) is 29.0 Å². The third-order valence-electron chi connectivity index (χ3n) is 1.35. The highest BCUT2D eigenvalue weighted by atomic mass is 35.5. The normalized spacial score (nSPS) is 10.0. The molecule has 2 N–H and O–H groups in total. The Kier molecular flexibility index (Phi) is 3.29. The predicted octanol–water partition coefficient (Wildman–Crippen LogP) is 1.17. The molecule has 0 spiro atoms. The second-order valence-electron chi connectivity index (χ2n) is 2.09. The highest BCUT2D eigenvalue weighted by molar-refractivity contribution is 6.31. The standard InChI is InChI=1S/C7H9ClN2O/c8-7-5-10-3-1-6(7)2-4-11-9/h1,3,5H,2,4,9H2. The van der Waals surface area contributed by atoms with Crippen LogP contribution in [0.3, 0.4) is 0 Å². The van der Waals surface area contributed by atoms with Crippen LogP contribution < -0.4 is 5.90 Å². The molecule has 4 heteroatoms. The van der Waals surface area contributed by atoms with Gasteiger partial charge in [0.15, 0.2) is 0 Å². The lowest BCUT2D eigenvalue weighted by Gasteiger charge is -2.00. The van der Waals surface area contributed by atoms with Gasteiger partial charge in [0.2, 0.25) is 0 Å². The van der Waals surface area contributed by atoms with E-state index in [1.54, 1.807) is 12.4 Å². The van der Waals surface area contributed by atoms with Crippen LogP contribution in [0.4, 0.5) is 0 Å². The molecule has 0 aliphatic heterocycles. The molecule has 0 saturated carbocycles. The zero-order valence-electron chi connectivity index (χ0n) is 5.96. The van der Waals surface area contributed by atoms with E-state index in [1.807, 2.05) is 6.07 Å². The van der Waals surface area contributed by atoms with Crippen LogP contribution in [0.5, 0.6) is 0 Å². The summed E-state index contributed by atoms with van der Waals surface area (Å²) in [6.07, 6.45) is 4.02. The van der Waals surface area contributed by atoms with Gasteiger partial charge in [-0.25, -0.2) is 5.90 Å². The highest BCUT2D eigenvalue weighted by Gasteiger charge is 1.97. The van der Waals surface area contributed by atoms with E-state index in [4.69, 9.17) is 17.5 Å². The first-order valence-corrected chi connectivity index (χ1v) is 3.62. The van der Waals surface area contributed by atoms with Crippen LogP contribution in [-0.2, 0) is 11.3 Å². The molecule has 0 aliphatic carbocycles. The van der Waals surface area contributed by atoms with Crippen molar-refractivity contribution in [2.75, 3.05) is 6.61 Å². The van der Waals surface area contributed by atoms with Crippen LogP contribution >= 0.6 is 11.6 Å². The Hall–Kier alpha value is -0.640. The maximum absolute atomic E-state index is 5.80. The number of hydrogen-bond donors (Lipinski definition) is 1. The summed E-state index contributed by atoms with van der Waals surface area (Å²) < 4.78 is 0. The van der Waals surface area contributed by atoms with E-state index < -0.39 is 0 Å². The summed E-state index contributed by atoms with van der Waals surface area (Å²) in [6, 6.07) is 1.85. The van der Waals surface area contributed by atoms with Gasteiger partial charge in [0.25, 0.3) is 0 Å². The molecular formula is C7H9ClN2O. The fourth-order valence-electron chi connectivity index (χ4n) is 0.776. The Morgan fingerprint density at radius 2 is 2.45 bits per heavy atom. The van der Waals surface area contributed by atoms with Crippen molar-refractivity contribution >= 4 is 11.6 Å². The van der Waals surface area contributed by atoms with E-state index in [-0.39, 0.29) is 0 Å². The van der Waals surface area contributed by atoms with Gasteiger partial charge in [-0.05, 0) is 18.1 Å². The van der Waals surface area contributed by atoms with Gasteiger partial charge in [-0.3, -0.25) is 4.98 Å². The summed E-state index contributed by atoms with van der Waals surface area (Å²) in [7, 11) is 0. The third-order valence-corrected chi connectivity index (χ3v) is 1.69. The molecule has 11 heavy (non-hydrogen) atoms. The number of aromatic nitrogens is 1. The van der Waals surface area contributed by atoms with Gasteiger partial charge >= 0.3 is 0 Å². The number of nitrogens with two attached hydrogens (primary N) is 1. The summed E-state index contributed by atoms with van der Waals surface area (Å²) >= 11 is 5.80. The second kappa shape index (κ2) is 4.28. The van der Waals surface area contributed by atoms with E-state index in [2.05, 4.69) is 9.82 Å². The lowest BCUT2D eigenvalue weighted by Crippen LogP contribution is -2.03. The first kappa shape index (κ1) is 8.46. The van der Waals surface area contributed by atoms with Crippen molar-refractivity contribution in [2.45, 2.75) is 6.42 Å². The predicted molar refractivity (Wildman–Crippen MR) is 43.1 cm³/mol. The van der Waals surface area contributed by atoms with E-state index >= 15 is 0 Å². The van der Waals surface area contributed by atoms with E-state index in [9.17, 15) is 0 Å².